The summed E-state index contributed by atoms with van der Waals surface area (Å²) in [4.78, 5) is 18.6. The molecular weight excluding hydrogens is 540 g/mol. The lowest BCUT2D eigenvalue weighted by Gasteiger charge is -2.36. The second-order valence-electron chi connectivity index (χ2n) is 8.91. The van der Waals surface area contributed by atoms with Crippen LogP contribution >= 0.6 is 27.5 Å². The summed E-state index contributed by atoms with van der Waals surface area (Å²) in [6, 6.07) is 11.4. The Morgan fingerprint density at radius 3 is 2.59 bits per heavy atom. The van der Waals surface area contributed by atoms with Crippen LogP contribution in [-0.2, 0) is 21.2 Å². The molecule has 4 rings (SSSR count). The topological polar surface area (TPSA) is 73.0 Å². The summed E-state index contributed by atoms with van der Waals surface area (Å²) >= 11 is 9.53. The Balaban J connectivity index is 1.30. The van der Waals surface area contributed by atoms with Crippen LogP contribution in [0.1, 0.15) is 25.8 Å². The number of benzene rings is 2. The number of rotatable bonds is 7. The number of nitrogens with zero attached hydrogens (tertiary/aromatic N) is 3. The van der Waals surface area contributed by atoms with Crippen LogP contribution in [0.3, 0.4) is 0 Å². The maximum Gasteiger partial charge on any atom is 0.241 e. The standard InChI is InChI=1S/C24H30BrClN4O3S/c1-17-13-19-14-22(25)24(16-23(19)30(17)18(2)31)34(32,33)27-7-4-8-28-9-11-29(12-10-28)21-6-3-5-20(26)15-21/h3,5-6,14-17,27H,4,7-13H2,1-2H3/t17-/m0/s1. The van der Waals surface area contributed by atoms with Gasteiger partial charge in [0.25, 0.3) is 0 Å². The van der Waals surface area contributed by atoms with Crippen LogP contribution < -0.4 is 14.5 Å². The first kappa shape index (κ1) is 25.4. The van der Waals surface area contributed by atoms with E-state index < -0.39 is 10.0 Å². The third kappa shape index (κ3) is 5.60. The summed E-state index contributed by atoms with van der Waals surface area (Å²) in [5, 5.41) is 0.741. The minimum atomic E-state index is -3.71. The highest BCUT2D eigenvalue weighted by Crippen LogP contribution is 2.37. The van der Waals surface area contributed by atoms with Gasteiger partial charge in [-0.3, -0.25) is 9.69 Å². The second kappa shape index (κ2) is 10.5. The van der Waals surface area contributed by atoms with E-state index in [1.807, 2.05) is 31.2 Å². The zero-order valence-corrected chi connectivity index (χ0v) is 22.6. The smallest absolute Gasteiger partial charge is 0.241 e. The molecule has 0 aromatic heterocycles. The molecule has 2 heterocycles. The van der Waals surface area contributed by atoms with E-state index in [9.17, 15) is 13.2 Å². The number of anilines is 2. The summed E-state index contributed by atoms with van der Waals surface area (Å²) in [5.41, 5.74) is 2.80. The van der Waals surface area contributed by atoms with Crippen molar-refractivity contribution in [2.24, 2.45) is 0 Å². The highest BCUT2D eigenvalue weighted by molar-refractivity contribution is 9.10. The van der Waals surface area contributed by atoms with E-state index >= 15 is 0 Å². The van der Waals surface area contributed by atoms with Crippen molar-refractivity contribution in [2.75, 3.05) is 49.1 Å². The van der Waals surface area contributed by atoms with Gasteiger partial charge in [0.2, 0.25) is 15.9 Å². The Bertz CT molecular complexity index is 1170. The van der Waals surface area contributed by atoms with Crippen molar-refractivity contribution in [3.63, 3.8) is 0 Å². The molecule has 2 aromatic carbocycles. The molecular formula is C24H30BrClN4O3S. The summed E-state index contributed by atoms with van der Waals surface area (Å²) < 4.78 is 29.3. The molecule has 1 saturated heterocycles. The van der Waals surface area contributed by atoms with Crippen molar-refractivity contribution in [3.05, 3.63) is 51.5 Å². The molecule has 10 heteroatoms. The van der Waals surface area contributed by atoms with Gasteiger partial charge in [-0.1, -0.05) is 17.7 Å². The van der Waals surface area contributed by atoms with Crippen molar-refractivity contribution in [2.45, 2.75) is 37.6 Å². The Kier molecular flexibility index (Phi) is 7.89. The van der Waals surface area contributed by atoms with Crippen molar-refractivity contribution < 1.29 is 13.2 Å². The van der Waals surface area contributed by atoms with Crippen LogP contribution in [-0.4, -0.2) is 64.5 Å². The first-order valence-corrected chi connectivity index (χ1v) is 14.2. The lowest BCUT2D eigenvalue weighted by Crippen LogP contribution is -2.47. The van der Waals surface area contributed by atoms with Crippen LogP contribution in [0.15, 0.2) is 45.8 Å². The molecule has 0 saturated carbocycles. The molecule has 1 fully saturated rings. The maximum absolute atomic E-state index is 13.0. The lowest BCUT2D eigenvalue weighted by molar-refractivity contribution is -0.116. The Morgan fingerprint density at radius 1 is 1.18 bits per heavy atom. The second-order valence-corrected chi connectivity index (χ2v) is 11.9. The van der Waals surface area contributed by atoms with Gasteiger partial charge in [0.15, 0.2) is 0 Å². The molecule has 1 atom stereocenters. The normalized spacial score (nSPS) is 18.9. The summed E-state index contributed by atoms with van der Waals surface area (Å²) in [5.74, 6) is -0.0830. The van der Waals surface area contributed by atoms with Crippen LogP contribution in [0.25, 0.3) is 0 Å². The van der Waals surface area contributed by atoms with Gasteiger partial charge in [-0.25, -0.2) is 13.1 Å². The van der Waals surface area contributed by atoms with Crippen LogP contribution in [0.2, 0.25) is 5.02 Å². The molecule has 7 nitrogen and oxygen atoms in total. The fraction of sp³-hybridized carbons (Fsp3) is 0.458. The number of piperazine rings is 1. The molecule has 34 heavy (non-hydrogen) atoms. The maximum atomic E-state index is 13.0. The Hall–Kier alpha value is -1.65. The number of carbonyl (C=O) groups excluding carboxylic acids is 1. The number of carbonyl (C=O) groups is 1. The lowest BCUT2D eigenvalue weighted by atomic mass is 10.1. The van der Waals surface area contributed by atoms with E-state index in [0.717, 1.165) is 55.4 Å². The van der Waals surface area contributed by atoms with Gasteiger partial charge in [0, 0.05) is 66.6 Å². The third-order valence-electron chi connectivity index (χ3n) is 6.47. The monoisotopic (exact) mass is 568 g/mol. The van der Waals surface area contributed by atoms with Gasteiger partial charge < -0.3 is 9.80 Å². The van der Waals surface area contributed by atoms with Crippen LogP contribution in [0.4, 0.5) is 11.4 Å². The zero-order chi connectivity index (χ0) is 24.5. The van der Waals surface area contributed by atoms with Gasteiger partial charge in [0.1, 0.15) is 0 Å². The third-order valence-corrected chi connectivity index (χ3v) is 9.12. The number of fused-ring (bicyclic) bond motifs is 1. The van der Waals surface area contributed by atoms with Crippen molar-refractivity contribution in [3.8, 4) is 0 Å². The highest BCUT2D eigenvalue weighted by Gasteiger charge is 2.32. The van der Waals surface area contributed by atoms with Gasteiger partial charge in [0.05, 0.1) is 4.90 Å². The first-order chi connectivity index (χ1) is 16.2. The molecule has 1 N–H and O–H groups in total. The molecule has 2 aliphatic rings. The average molecular weight is 570 g/mol. The fourth-order valence-electron chi connectivity index (χ4n) is 4.79. The Morgan fingerprint density at radius 2 is 1.91 bits per heavy atom. The number of sulfonamides is 1. The summed E-state index contributed by atoms with van der Waals surface area (Å²) in [7, 11) is -3.71. The molecule has 0 bridgehead atoms. The predicted octanol–water partition coefficient (Wildman–Crippen LogP) is 3.89. The van der Waals surface area contributed by atoms with Gasteiger partial charge >= 0.3 is 0 Å². The minimum Gasteiger partial charge on any atom is -0.369 e. The van der Waals surface area contributed by atoms with Gasteiger partial charge in [-0.2, -0.15) is 0 Å². The minimum absolute atomic E-state index is 0.0182. The fourth-order valence-corrected chi connectivity index (χ4v) is 7.16. The SMILES string of the molecule is CC(=O)N1c2cc(S(=O)(=O)NCCCN3CCN(c4cccc(Cl)c4)CC3)c(Br)cc2C[C@@H]1C. The first-order valence-electron chi connectivity index (χ1n) is 11.5. The molecule has 0 unspecified atom stereocenters. The number of hydrogen-bond donors (Lipinski definition) is 1. The number of nitrogens with one attached hydrogen (secondary N) is 1. The molecule has 2 aliphatic heterocycles. The van der Waals surface area contributed by atoms with Gasteiger partial charge in [-0.15, -0.1) is 0 Å². The largest absolute Gasteiger partial charge is 0.369 e. The molecule has 1 amide bonds. The highest BCUT2D eigenvalue weighted by atomic mass is 79.9. The van der Waals surface area contributed by atoms with Crippen molar-refractivity contribution >= 4 is 54.8 Å². The summed E-state index contributed by atoms with van der Waals surface area (Å²) in [6.07, 6.45) is 1.43. The summed E-state index contributed by atoms with van der Waals surface area (Å²) in [6.45, 7) is 8.34. The number of amides is 1. The van der Waals surface area contributed by atoms with Crippen molar-refractivity contribution in [1.82, 2.24) is 9.62 Å². The number of hydrogen-bond acceptors (Lipinski definition) is 5. The van der Waals surface area contributed by atoms with E-state index in [4.69, 9.17) is 11.6 Å². The van der Waals surface area contributed by atoms with E-state index in [2.05, 4.69) is 36.5 Å². The van der Waals surface area contributed by atoms with Crippen LogP contribution in [0.5, 0.6) is 0 Å². The van der Waals surface area contributed by atoms with Crippen molar-refractivity contribution in [1.29, 1.82) is 0 Å². The van der Waals surface area contributed by atoms with Gasteiger partial charge in [-0.05, 0) is 78.1 Å². The molecule has 0 radical (unpaired) electrons. The quantitative estimate of drug-likeness (QED) is 0.512. The van der Waals surface area contributed by atoms with E-state index in [0.29, 0.717) is 23.1 Å². The number of halogens is 2. The Labute approximate surface area is 215 Å². The molecule has 0 spiro atoms. The van der Waals surface area contributed by atoms with E-state index in [-0.39, 0.29) is 16.8 Å². The van der Waals surface area contributed by atoms with E-state index in [1.165, 1.54) is 6.92 Å². The molecule has 0 aliphatic carbocycles. The predicted molar refractivity (Wildman–Crippen MR) is 140 cm³/mol. The molecule has 2 aromatic rings. The van der Waals surface area contributed by atoms with Crippen LogP contribution in [0, 0.1) is 0 Å². The zero-order valence-electron chi connectivity index (χ0n) is 19.4. The van der Waals surface area contributed by atoms with E-state index in [1.54, 1.807) is 11.0 Å². The molecule has 184 valence electrons. The average Bonchev–Trinajstić information content (AvgIpc) is 3.11.